The van der Waals surface area contributed by atoms with E-state index in [0.717, 1.165) is 11.1 Å². The Hall–Kier alpha value is -3.15. The number of ketones is 1. The molecule has 0 N–H and O–H groups in total. The number of benzene rings is 2. The molecule has 0 aliphatic heterocycles. The Morgan fingerprint density at radius 3 is 2.22 bits per heavy atom. The Balaban J connectivity index is 1.87. The van der Waals surface area contributed by atoms with Gasteiger partial charge in [0, 0.05) is 5.56 Å². The van der Waals surface area contributed by atoms with Gasteiger partial charge in [-0.05, 0) is 61.8 Å². The van der Waals surface area contributed by atoms with E-state index in [4.69, 9.17) is 14.2 Å². The molecular weight excluding hydrogens is 408 g/mol. The lowest BCUT2D eigenvalue weighted by Crippen LogP contribution is -2.40. The molecule has 0 aromatic heterocycles. The lowest BCUT2D eigenvalue weighted by Gasteiger charge is -2.35. The minimum absolute atomic E-state index is 0.0186. The van der Waals surface area contributed by atoms with Crippen molar-refractivity contribution in [1.82, 2.24) is 0 Å². The zero-order chi connectivity index (χ0) is 22.9. The molecule has 3 atom stereocenters. The standard InChI is InChI=1S/C26H28O6/c1-4-31-24(28)26(25(29)32-5-2)14-20-18-12-11-17(30-3)13-19(18)23(27)22(21(20)15-26)16-9-7-6-8-10-16/h6-13,20-22H,4-5,14-15H2,1-3H3/t20-,21-,22+/m1/s1. The molecule has 168 valence electrons. The van der Waals surface area contributed by atoms with E-state index in [0.29, 0.717) is 11.3 Å². The molecular formula is C26H28O6. The summed E-state index contributed by atoms with van der Waals surface area (Å²) >= 11 is 0. The summed E-state index contributed by atoms with van der Waals surface area (Å²) in [5.41, 5.74) is 0.895. The van der Waals surface area contributed by atoms with Crippen molar-refractivity contribution in [3.8, 4) is 5.75 Å². The maximum atomic E-state index is 13.7. The molecule has 6 heteroatoms. The summed E-state index contributed by atoms with van der Waals surface area (Å²) in [6.45, 7) is 3.78. The average Bonchev–Trinajstić information content (AvgIpc) is 3.22. The third-order valence-electron chi connectivity index (χ3n) is 6.80. The van der Waals surface area contributed by atoms with Crippen LogP contribution in [-0.2, 0) is 19.1 Å². The molecule has 2 aliphatic carbocycles. The number of rotatable bonds is 6. The zero-order valence-electron chi connectivity index (χ0n) is 18.6. The quantitative estimate of drug-likeness (QED) is 0.497. The molecule has 6 nitrogen and oxygen atoms in total. The van der Waals surface area contributed by atoms with Gasteiger partial charge in [-0.1, -0.05) is 36.4 Å². The van der Waals surface area contributed by atoms with Crippen molar-refractivity contribution in [2.75, 3.05) is 20.3 Å². The van der Waals surface area contributed by atoms with Crippen LogP contribution in [0.1, 0.15) is 60.0 Å². The molecule has 0 heterocycles. The number of methoxy groups -OCH3 is 1. The van der Waals surface area contributed by atoms with Gasteiger partial charge in [-0.2, -0.15) is 0 Å². The van der Waals surface area contributed by atoms with Crippen LogP contribution in [0.15, 0.2) is 48.5 Å². The number of Topliss-reactive ketones (excluding diaryl/α,β-unsaturated/α-hetero) is 1. The van der Waals surface area contributed by atoms with Crippen LogP contribution in [0.2, 0.25) is 0 Å². The molecule has 32 heavy (non-hydrogen) atoms. The largest absolute Gasteiger partial charge is 0.497 e. The minimum atomic E-state index is -1.42. The van der Waals surface area contributed by atoms with Crippen LogP contribution in [0.3, 0.4) is 0 Å². The van der Waals surface area contributed by atoms with Crippen molar-refractivity contribution in [3.05, 3.63) is 65.2 Å². The highest BCUT2D eigenvalue weighted by atomic mass is 16.6. The predicted molar refractivity (Wildman–Crippen MR) is 118 cm³/mol. The van der Waals surface area contributed by atoms with Gasteiger partial charge in [0.15, 0.2) is 11.2 Å². The summed E-state index contributed by atoms with van der Waals surface area (Å²) in [6.07, 6.45) is 0.470. The lowest BCUT2D eigenvalue weighted by atomic mass is 9.67. The summed E-state index contributed by atoms with van der Waals surface area (Å²) in [5, 5.41) is 0. The Bertz CT molecular complexity index is 1010. The van der Waals surface area contributed by atoms with Crippen LogP contribution in [0.4, 0.5) is 0 Å². The molecule has 0 radical (unpaired) electrons. The third kappa shape index (κ3) is 3.48. The maximum Gasteiger partial charge on any atom is 0.323 e. The van der Waals surface area contributed by atoms with Crippen molar-refractivity contribution in [1.29, 1.82) is 0 Å². The fraction of sp³-hybridized carbons (Fsp3) is 0.423. The highest BCUT2D eigenvalue weighted by Crippen LogP contribution is 2.60. The molecule has 2 aromatic carbocycles. The van der Waals surface area contributed by atoms with E-state index in [1.54, 1.807) is 27.0 Å². The Morgan fingerprint density at radius 2 is 1.62 bits per heavy atom. The summed E-state index contributed by atoms with van der Waals surface area (Å²) in [7, 11) is 1.56. The lowest BCUT2D eigenvalue weighted by molar-refractivity contribution is -0.172. The van der Waals surface area contributed by atoms with E-state index in [1.807, 2.05) is 42.5 Å². The van der Waals surface area contributed by atoms with Crippen LogP contribution < -0.4 is 4.74 Å². The first kappa shape index (κ1) is 22.1. The van der Waals surface area contributed by atoms with E-state index in [9.17, 15) is 14.4 Å². The molecule has 0 unspecified atom stereocenters. The summed E-state index contributed by atoms with van der Waals surface area (Å²) in [5.74, 6) is -1.40. The van der Waals surface area contributed by atoms with Crippen molar-refractivity contribution in [2.45, 2.75) is 38.5 Å². The van der Waals surface area contributed by atoms with E-state index < -0.39 is 23.3 Å². The van der Waals surface area contributed by atoms with Crippen LogP contribution >= 0.6 is 0 Å². The van der Waals surface area contributed by atoms with Gasteiger partial charge in [-0.25, -0.2) is 0 Å². The van der Waals surface area contributed by atoms with Crippen molar-refractivity contribution < 1.29 is 28.6 Å². The second kappa shape index (κ2) is 8.77. The van der Waals surface area contributed by atoms with Gasteiger partial charge in [0.25, 0.3) is 0 Å². The first-order valence-electron chi connectivity index (χ1n) is 11.1. The molecule has 0 spiro atoms. The number of esters is 2. The number of carbonyl (C=O) groups excluding carboxylic acids is 3. The second-order valence-corrected chi connectivity index (χ2v) is 8.41. The van der Waals surface area contributed by atoms with Crippen LogP contribution in [-0.4, -0.2) is 38.0 Å². The molecule has 4 rings (SSSR count). The SMILES string of the molecule is CCOC(=O)C1(C(=O)OCC)C[C@@H]2[C@H](C1)c1ccc(OC)cc1C(=O)[C@H]2c1ccccc1. The van der Waals surface area contributed by atoms with Gasteiger partial charge in [0.1, 0.15) is 5.75 Å². The highest BCUT2D eigenvalue weighted by molar-refractivity contribution is 6.06. The maximum absolute atomic E-state index is 13.7. The van der Waals surface area contributed by atoms with E-state index in [1.165, 1.54) is 0 Å². The van der Waals surface area contributed by atoms with E-state index in [2.05, 4.69) is 0 Å². The van der Waals surface area contributed by atoms with Gasteiger partial charge in [-0.15, -0.1) is 0 Å². The molecule has 0 saturated heterocycles. The molecule has 2 aromatic rings. The predicted octanol–water partition coefficient (Wildman–Crippen LogP) is 4.28. The fourth-order valence-electron chi connectivity index (χ4n) is 5.42. The van der Waals surface area contributed by atoms with Gasteiger partial charge in [0.2, 0.25) is 0 Å². The van der Waals surface area contributed by atoms with Crippen LogP contribution in [0.25, 0.3) is 0 Å². The normalized spacial score (nSPS) is 23.1. The highest BCUT2D eigenvalue weighted by Gasteiger charge is 2.61. The van der Waals surface area contributed by atoms with Crippen LogP contribution in [0.5, 0.6) is 5.75 Å². The van der Waals surface area contributed by atoms with E-state index >= 15 is 0 Å². The summed E-state index contributed by atoms with van der Waals surface area (Å²) in [6, 6.07) is 15.0. The molecule has 0 bridgehead atoms. The number of hydrogen-bond acceptors (Lipinski definition) is 6. The van der Waals surface area contributed by atoms with Gasteiger partial charge >= 0.3 is 11.9 Å². The summed E-state index contributed by atoms with van der Waals surface area (Å²) in [4.78, 5) is 40.0. The average molecular weight is 437 g/mol. The molecule has 0 amide bonds. The van der Waals surface area contributed by atoms with Crippen LogP contribution in [0, 0.1) is 11.3 Å². The van der Waals surface area contributed by atoms with Gasteiger partial charge in [-0.3, -0.25) is 14.4 Å². The smallest absolute Gasteiger partial charge is 0.323 e. The third-order valence-corrected chi connectivity index (χ3v) is 6.80. The zero-order valence-corrected chi connectivity index (χ0v) is 18.6. The molecule has 1 saturated carbocycles. The second-order valence-electron chi connectivity index (χ2n) is 8.41. The first-order chi connectivity index (χ1) is 15.5. The van der Waals surface area contributed by atoms with Gasteiger partial charge in [0.05, 0.1) is 26.2 Å². The Labute approximate surface area is 187 Å². The number of hydrogen-bond donors (Lipinski definition) is 0. The molecule has 1 fully saturated rings. The van der Waals surface area contributed by atoms with E-state index in [-0.39, 0.29) is 43.7 Å². The first-order valence-corrected chi connectivity index (χ1v) is 11.1. The van der Waals surface area contributed by atoms with Gasteiger partial charge < -0.3 is 14.2 Å². The monoisotopic (exact) mass is 436 g/mol. The Morgan fingerprint density at radius 1 is 0.969 bits per heavy atom. The van der Waals surface area contributed by atoms with Crippen molar-refractivity contribution >= 4 is 17.7 Å². The van der Waals surface area contributed by atoms with Crippen molar-refractivity contribution in [3.63, 3.8) is 0 Å². The summed E-state index contributed by atoms with van der Waals surface area (Å²) < 4.78 is 16.1. The topological polar surface area (TPSA) is 78.9 Å². The Kier molecular flexibility index (Phi) is 6.04. The van der Waals surface area contributed by atoms with Crippen molar-refractivity contribution in [2.24, 2.45) is 11.3 Å². The molecule has 2 aliphatic rings. The minimum Gasteiger partial charge on any atom is -0.497 e. The fourth-order valence-corrected chi connectivity index (χ4v) is 5.42. The number of ether oxygens (including phenoxy) is 3. The number of fused-ring (bicyclic) bond motifs is 3. The number of carbonyl (C=O) groups is 3.